The molecule has 682 valence electrons. The van der Waals surface area contributed by atoms with Gasteiger partial charge in [-0.3, -0.25) is 0 Å². The van der Waals surface area contributed by atoms with E-state index in [0.29, 0.717) is 0 Å². The average molecular weight is 1870 g/mol. The molecule has 0 radical (unpaired) electrons. The molecule has 0 aliphatic rings. The number of para-hydroxylation sites is 6. The van der Waals surface area contributed by atoms with E-state index in [-0.39, 0.29) is 0 Å². The third-order valence-corrected chi connectivity index (χ3v) is 29.4. The number of thiophene rings is 1. The molecule has 28 aromatic rings. The monoisotopic (exact) mass is 1870 g/mol. The van der Waals surface area contributed by atoms with Gasteiger partial charge in [0, 0.05) is 76.2 Å². The summed E-state index contributed by atoms with van der Waals surface area (Å²) >= 11 is 1.86. The largest absolute Gasteiger partial charge is 0.454 e. The standard InChI is InChI=1S/C46H29NO2.C46H31NO.C46H31NS/c1-2-12-30(13-3-1)39-28-32-14-4-5-15-33(32)29-40(39)31-24-26-34(27-25-31)47(41-20-10-18-37-35-16-6-8-22-43(35)48-45(37)41)42-21-11-19-38-36-17-7-9-23-44(36)49-46(38)42;2*1-3-12-32(13-4-1)33-22-26-38(27-23-33)47(44-20-11-19-41-40-18-9-10-21-45(40)48-46(41)44)39-28-24-35(25-29-39)43-31-37-17-8-7-16-36(37)30-42(43)34-14-5-2-6-15-34/h1-29H;2*1-31H. The molecule has 0 N–H and O–H groups in total. The molecule has 4 aromatic heterocycles. The van der Waals surface area contributed by atoms with Crippen molar-refractivity contribution < 1.29 is 13.3 Å². The molecular weight excluding hydrogens is 1780 g/mol. The minimum atomic E-state index is 0.835. The van der Waals surface area contributed by atoms with Gasteiger partial charge in [0.1, 0.15) is 16.7 Å². The number of furan rings is 3. The van der Waals surface area contributed by atoms with E-state index in [4.69, 9.17) is 13.3 Å². The fourth-order valence-corrected chi connectivity index (χ4v) is 22.3. The normalized spacial score (nSPS) is 11.4. The zero-order chi connectivity index (χ0) is 96.0. The number of fused-ring (bicyclic) bond motifs is 15. The Balaban J connectivity index is 0.000000111. The van der Waals surface area contributed by atoms with Crippen LogP contribution >= 0.6 is 11.3 Å². The van der Waals surface area contributed by atoms with Crippen molar-refractivity contribution >= 4 is 181 Å². The quantitative estimate of drug-likeness (QED) is 0.0905. The van der Waals surface area contributed by atoms with Gasteiger partial charge in [-0.1, -0.05) is 406 Å². The second-order valence-corrected chi connectivity index (χ2v) is 37.9. The lowest BCUT2D eigenvalue weighted by atomic mass is 9.91. The van der Waals surface area contributed by atoms with Crippen molar-refractivity contribution in [1.82, 2.24) is 0 Å². The molecule has 0 bridgehead atoms. The van der Waals surface area contributed by atoms with Gasteiger partial charge in [0.2, 0.25) is 0 Å². The number of anilines is 9. The van der Waals surface area contributed by atoms with Crippen molar-refractivity contribution in [3.63, 3.8) is 0 Å². The van der Waals surface area contributed by atoms with Crippen LogP contribution in [-0.2, 0) is 0 Å². The van der Waals surface area contributed by atoms with Crippen LogP contribution in [0, 0.1) is 0 Å². The molecule has 0 saturated carbocycles. The van der Waals surface area contributed by atoms with E-state index in [1.807, 2.05) is 47.7 Å². The summed E-state index contributed by atoms with van der Waals surface area (Å²) in [5, 5.41) is 16.6. The fourth-order valence-electron chi connectivity index (χ4n) is 21.1. The van der Waals surface area contributed by atoms with Gasteiger partial charge < -0.3 is 28.0 Å². The zero-order valence-electron chi connectivity index (χ0n) is 79.0. The number of benzene rings is 24. The molecule has 145 heavy (non-hydrogen) atoms. The number of nitrogens with zero attached hydrogens (tertiary/aromatic N) is 3. The Morgan fingerprint density at radius 3 is 0.676 bits per heavy atom. The van der Waals surface area contributed by atoms with Gasteiger partial charge in [-0.2, -0.15) is 0 Å². The van der Waals surface area contributed by atoms with Gasteiger partial charge in [-0.25, -0.2) is 0 Å². The SMILES string of the molecule is c1ccc(-c2cc3ccccc3cc2-c2ccc(N(c3cccc4c3oc3ccccc34)c3cccc4c3oc3ccccc34)cc2)cc1.c1ccc(-c2ccc(N(c3ccc(-c4cc5ccccc5cc4-c4ccccc4)cc3)c3cccc4c3oc3ccccc34)cc2)cc1.c1ccc(-c2ccc(N(c3ccc(-c4cc5ccccc5cc4-c4ccccc4)cc3)c3cccc4c3sc3ccccc34)cc2)cc1. The average Bonchev–Trinajstić information content (AvgIpc) is 1.59. The van der Waals surface area contributed by atoms with Crippen LogP contribution in [0.3, 0.4) is 0 Å². The van der Waals surface area contributed by atoms with Crippen molar-refractivity contribution in [2.75, 3.05) is 14.7 Å². The smallest absolute Gasteiger partial charge is 0.159 e. The lowest BCUT2D eigenvalue weighted by Crippen LogP contribution is -2.10. The molecule has 0 fully saturated rings. The highest BCUT2D eigenvalue weighted by Gasteiger charge is 2.28. The first-order chi connectivity index (χ1) is 71.9. The maximum atomic E-state index is 6.60. The summed E-state index contributed by atoms with van der Waals surface area (Å²) in [6.45, 7) is 0. The maximum Gasteiger partial charge on any atom is 0.159 e. The van der Waals surface area contributed by atoms with Crippen molar-refractivity contribution in [2.24, 2.45) is 0 Å². The van der Waals surface area contributed by atoms with Crippen LogP contribution in [0.4, 0.5) is 51.2 Å². The number of hydrogen-bond acceptors (Lipinski definition) is 7. The molecule has 0 atom stereocenters. The highest BCUT2D eigenvalue weighted by Crippen LogP contribution is 2.52. The van der Waals surface area contributed by atoms with E-state index in [1.54, 1.807) is 0 Å². The minimum Gasteiger partial charge on any atom is -0.454 e. The number of rotatable bonds is 17. The topological polar surface area (TPSA) is 49.1 Å². The number of hydrogen-bond donors (Lipinski definition) is 0. The molecular formula is C138H91N3O3S. The van der Waals surface area contributed by atoms with Crippen molar-refractivity contribution in [3.05, 3.63) is 552 Å². The molecule has 0 amide bonds. The summed E-state index contributed by atoms with van der Waals surface area (Å²) in [5.41, 5.74) is 33.9. The molecule has 0 saturated heterocycles. The van der Waals surface area contributed by atoms with Gasteiger partial charge in [-0.15, -0.1) is 11.3 Å². The van der Waals surface area contributed by atoms with E-state index in [2.05, 4.69) is 530 Å². The van der Waals surface area contributed by atoms with Crippen LogP contribution in [0.1, 0.15) is 0 Å². The second kappa shape index (κ2) is 37.7. The van der Waals surface area contributed by atoms with Gasteiger partial charge in [0.15, 0.2) is 16.7 Å². The highest BCUT2D eigenvalue weighted by atomic mass is 32.1. The molecule has 0 spiro atoms. The minimum absolute atomic E-state index is 0.835. The van der Waals surface area contributed by atoms with Gasteiger partial charge in [0.25, 0.3) is 0 Å². The Kier molecular flexibility index (Phi) is 22.5. The highest BCUT2D eigenvalue weighted by molar-refractivity contribution is 7.26. The van der Waals surface area contributed by atoms with E-state index in [9.17, 15) is 0 Å². The van der Waals surface area contributed by atoms with Crippen molar-refractivity contribution in [2.45, 2.75) is 0 Å². The summed E-state index contributed by atoms with van der Waals surface area (Å²) < 4.78 is 22.4. The van der Waals surface area contributed by atoms with Crippen LogP contribution in [0.15, 0.2) is 565 Å². The first kappa shape index (κ1) is 86.4. The van der Waals surface area contributed by atoms with E-state index < -0.39 is 0 Å². The third-order valence-electron chi connectivity index (χ3n) is 28.2. The van der Waals surface area contributed by atoms with Crippen LogP contribution in [0.2, 0.25) is 0 Å². The predicted molar refractivity (Wildman–Crippen MR) is 614 cm³/mol. The first-order valence-electron chi connectivity index (χ1n) is 49.3. The first-order valence-corrected chi connectivity index (χ1v) is 50.1. The van der Waals surface area contributed by atoms with Gasteiger partial charge >= 0.3 is 0 Å². The van der Waals surface area contributed by atoms with Gasteiger partial charge in [0.05, 0.1) is 27.4 Å². The Labute approximate surface area is 843 Å². The molecule has 0 unspecified atom stereocenters. The molecule has 0 aliphatic heterocycles. The Morgan fingerprint density at radius 1 is 0.145 bits per heavy atom. The Morgan fingerprint density at radius 2 is 0.359 bits per heavy atom. The summed E-state index contributed by atoms with van der Waals surface area (Å²) in [7, 11) is 0. The molecule has 28 rings (SSSR count). The van der Waals surface area contributed by atoms with Gasteiger partial charge in [-0.05, 0) is 267 Å². The molecule has 24 aromatic carbocycles. The third kappa shape index (κ3) is 16.4. The van der Waals surface area contributed by atoms with Crippen LogP contribution in [-0.4, -0.2) is 0 Å². The van der Waals surface area contributed by atoms with E-state index in [1.165, 1.54) is 142 Å². The predicted octanol–water partition coefficient (Wildman–Crippen LogP) is 40.3. The molecule has 7 heteroatoms. The Bertz CT molecular complexity index is 9190. The van der Waals surface area contributed by atoms with E-state index >= 15 is 0 Å². The summed E-state index contributed by atoms with van der Waals surface area (Å²) in [6.07, 6.45) is 0. The second-order valence-electron chi connectivity index (χ2n) is 36.8. The zero-order valence-corrected chi connectivity index (χ0v) is 79.8. The summed E-state index contributed by atoms with van der Waals surface area (Å²) in [4.78, 5) is 6.99. The fraction of sp³-hybridized carbons (Fsp3) is 0. The summed E-state index contributed by atoms with van der Waals surface area (Å²) in [5.74, 6) is 0. The Hall–Kier alpha value is -18.9. The van der Waals surface area contributed by atoms with Crippen molar-refractivity contribution in [3.8, 4) is 89.0 Å². The van der Waals surface area contributed by atoms with Crippen LogP contribution < -0.4 is 14.7 Å². The molecule has 6 nitrogen and oxygen atoms in total. The van der Waals surface area contributed by atoms with E-state index in [0.717, 1.165) is 117 Å². The lowest BCUT2D eigenvalue weighted by molar-refractivity contribution is 0.666. The lowest BCUT2D eigenvalue weighted by Gasteiger charge is -2.26. The summed E-state index contributed by atoms with van der Waals surface area (Å²) in [6, 6.07) is 197. The van der Waals surface area contributed by atoms with Crippen LogP contribution in [0.5, 0.6) is 0 Å². The maximum absolute atomic E-state index is 6.60. The molecule has 4 heterocycles. The van der Waals surface area contributed by atoms with Crippen LogP contribution in [0.25, 0.3) is 207 Å². The molecule has 0 aliphatic carbocycles. The van der Waals surface area contributed by atoms with Crippen molar-refractivity contribution in [1.29, 1.82) is 0 Å².